The van der Waals surface area contributed by atoms with E-state index in [0.29, 0.717) is 12.1 Å². The van der Waals surface area contributed by atoms with Crippen LogP contribution in [0.1, 0.15) is 58.3 Å². The van der Waals surface area contributed by atoms with Crippen molar-refractivity contribution in [1.29, 1.82) is 0 Å². The summed E-state index contributed by atoms with van der Waals surface area (Å²) in [7, 11) is -3.32. The van der Waals surface area contributed by atoms with Gasteiger partial charge in [-0.2, -0.15) is 0 Å². The Labute approximate surface area is 159 Å². The van der Waals surface area contributed by atoms with Gasteiger partial charge in [0.2, 0.25) is 10.0 Å². The Hall–Kier alpha value is -1.14. The zero-order chi connectivity index (χ0) is 18.1. The highest BCUT2D eigenvalue weighted by atomic mass is 79.9. The number of benzene rings is 1. The molecule has 0 spiro atoms. The van der Waals surface area contributed by atoms with Crippen LogP contribution in [0.3, 0.4) is 0 Å². The van der Waals surface area contributed by atoms with E-state index in [1.165, 1.54) is 32.1 Å². The van der Waals surface area contributed by atoms with E-state index in [0.717, 1.165) is 28.2 Å². The van der Waals surface area contributed by atoms with Gasteiger partial charge in [-0.3, -0.25) is 9.71 Å². The lowest BCUT2D eigenvalue weighted by Crippen LogP contribution is -2.16. The molecule has 0 amide bonds. The van der Waals surface area contributed by atoms with Crippen LogP contribution in [-0.2, 0) is 10.0 Å². The van der Waals surface area contributed by atoms with Crippen LogP contribution >= 0.6 is 15.9 Å². The van der Waals surface area contributed by atoms with E-state index in [1.54, 1.807) is 18.3 Å². The van der Waals surface area contributed by atoms with Crippen LogP contribution < -0.4 is 4.72 Å². The van der Waals surface area contributed by atoms with Crippen molar-refractivity contribution in [2.24, 2.45) is 0 Å². The predicted octanol–water partition coefficient (Wildman–Crippen LogP) is 5.88. The number of nitrogens with one attached hydrogen (secondary N) is 1. The molecule has 0 atom stereocenters. The Kier molecular flexibility index (Phi) is 8.16. The number of halogens is 1. The van der Waals surface area contributed by atoms with E-state index in [4.69, 9.17) is 0 Å². The van der Waals surface area contributed by atoms with Gasteiger partial charge >= 0.3 is 0 Å². The minimum Gasteiger partial charge on any atom is -0.283 e. The summed E-state index contributed by atoms with van der Waals surface area (Å²) in [4.78, 5) is 4.28. The van der Waals surface area contributed by atoms with Gasteiger partial charge in [-0.05, 0) is 24.6 Å². The average molecular weight is 427 g/mol. The van der Waals surface area contributed by atoms with Gasteiger partial charge in [0.1, 0.15) is 0 Å². The number of aromatic nitrogens is 1. The van der Waals surface area contributed by atoms with Crippen LogP contribution in [0.25, 0.3) is 10.9 Å². The first-order valence-corrected chi connectivity index (χ1v) is 11.5. The first-order chi connectivity index (χ1) is 12.0. The van der Waals surface area contributed by atoms with Crippen molar-refractivity contribution < 1.29 is 8.42 Å². The monoisotopic (exact) mass is 426 g/mol. The molecular formula is C19H27BrN2O2S. The molecule has 0 saturated heterocycles. The fraction of sp³-hybridized carbons (Fsp3) is 0.526. The first kappa shape index (κ1) is 20.2. The molecule has 0 radical (unpaired) electrons. The second-order valence-corrected chi connectivity index (χ2v) is 9.12. The highest BCUT2D eigenvalue weighted by Gasteiger charge is 2.12. The summed E-state index contributed by atoms with van der Waals surface area (Å²) in [5.74, 6) is 0.167. The Balaban J connectivity index is 1.81. The third-order valence-corrected chi connectivity index (χ3v) is 6.24. The molecule has 138 valence electrons. The molecule has 0 unspecified atom stereocenters. The number of sulfonamides is 1. The highest BCUT2D eigenvalue weighted by molar-refractivity contribution is 9.10. The zero-order valence-corrected chi connectivity index (χ0v) is 17.2. The van der Waals surface area contributed by atoms with E-state index in [9.17, 15) is 8.42 Å². The van der Waals surface area contributed by atoms with Crippen molar-refractivity contribution in [3.05, 3.63) is 34.9 Å². The molecule has 4 nitrogen and oxygen atoms in total. The van der Waals surface area contributed by atoms with Gasteiger partial charge in [-0.15, -0.1) is 0 Å². The molecule has 0 fully saturated rings. The fourth-order valence-corrected chi connectivity index (χ4v) is 4.60. The number of anilines is 1. The van der Waals surface area contributed by atoms with E-state index >= 15 is 0 Å². The van der Waals surface area contributed by atoms with Gasteiger partial charge < -0.3 is 0 Å². The molecule has 0 aliphatic heterocycles. The van der Waals surface area contributed by atoms with Crippen LogP contribution in [-0.4, -0.2) is 19.2 Å². The molecule has 1 aromatic carbocycles. The summed E-state index contributed by atoms with van der Waals surface area (Å²) in [6.45, 7) is 2.21. The molecule has 25 heavy (non-hydrogen) atoms. The highest BCUT2D eigenvalue weighted by Crippen LogP contribution is 2.27. The molecule has 6 heteroatoms. The van der Waals surface area contributed by atoms with Crippen molar-refractivity contribution >= 4 is 42.5 Å². The number of hydrogen-bond donors (Lipinski definition) is 1. The molecule has 0 bridgehead atoms. The minimum atomic E-state index is -3.32. The van der Waals surface area contributed by atoms with Gasteiger partial charge in [0.15, 0.2) is 0 Å². The largest absolute Gasteiger partial charge is 0.283 e. The lowest BCUT2D eigenvalue weighted by molar-refractivity contribution is 0.575. The summed E-state index contributed by atoms with van der Waals surface area (Å²) in [5, 5.41) is 0.966. The topological polar surface area (TPSA) is 59.1 Å². The SMILES string of the molecule is CCCCCCCCCCS(=O)(=O)Nc1cc(Br)c2cccnc2c1. The molecule has 0 saturated carbocycles. The Morgan fingerprint density at radius 2 is 1.72 bits per heavy atom. The van der Waals surface area contributed by atoms with Crippen LogP contribution in [0.15, 0.2) is 34.9 Å². The summed E-state index contributed by atoms with van der Waals surface area (Å²) < 4.78 is 28.1. The summed E-state index contributed by atoms with van der Waals surface area (Å²) in [6, 6.07) is 7.37. The quantitative estimate of drug-likeness (QED) is 0.456. The lowest BCUT2D eigenvalue weighted by Gasteiger charge is -2.10. The number of rotatable bonds is 11. The van der Waals surface area contributed by atoms with E-state index in [-0.39, 0.29) is 5.75 Å². The third-order valence-electron chi connectivity index (χ3n) is 4.21. The second kappa shape index (κ2) is 10.1. The second-order valence-electron chi connectivity index (χ2n) is 6.42. The number of pyridine rings is 1. The van der Waals surface area contributed by atoms with Gasteiger partial charge in [0, 0.05) is 16.1 Å². The summed E-state index contributed by atoms with van der Waals surface area (Å²) in [5.41, 5.74) is 1.32. The standard InChI is InChI=1S/C19H27BrN2O2S/c1-2-3-4-5-6-7-8-9-13-25(23,24)22-16-14-18(20)17-11-10-12-21-19(17)15-16/h10-12,14-15,22H,2-9,13H2,1H3. The van der Waals surface area contributed by atoms with Gasteiger partial charge in [-0.25, -0.2) is 8.42 Å². The van der Waals surface area contributed by atoms with Crippen LogP contribution in [0, 0.1) is 0 Å². The molecule has 1 heterocycles. The normalized spacial score (nSPS) is 11.8. The van der Waals surface area contributed by atoms with Gasteiger partial charge in [-0.1, -0.05) is 73.9 Å². The predicted molar refractivity (Wildman–Crippen MR) is 109 cm³/mol. The van der Waals surface area contributed by atoms with Crippen molar-refractivity contribution in [1.82, 2.24) is 4.98 Å². The minimum absolute atomic E-state index is 0.167. The van der Waals surface area contributed by atoms with E-state index < -0.39 is 10.0 Å². The first-order valence-electron chi connectivity index (χ1n) is 9.06. The van der Waals surface area contributed by atoms with Crippen LogP contribution in [0.4, 0.5) is 5.69 Å². The maximum atomic E-state index is 12.3. The van der Waals surface area contributed by atoms with Crippen LogP contribution in [0.2, 0.25) is 0 Å². The number of fused-ring (bicyclic) bond motifs is 1. The lowest BCUT2D eigenvalue weighted by atomic mass is 10.1. The number of hydrogen-bond acceptors (Lipinski definition) is 3. The van der Waals surface area contributed by atoms with Gasteiger partial charge in [0.25, 0.3) is 0 Å². The maximum absolute atomic E-state index is 12.3. The Morgan fingerprint density at radius 1 is 1.04 bits per heavy atom. The van der Waals surface area contributed by atoms with Crippen molar-refractivity contribution in [3.63, 3.8) is 0 Å². The molecule has 2 aromatic rings. The summed E-state index contributed by atoms with van der Waals surface area (Å²) in [6.07, 6.45) is 10.8. The van der Waals surface area contributed by atoms with Crippen molar-refractivity contribution in [2.45, 2.75) is 58.3 Å². The Bertz CT molecular complexity index is 778. The third kappa shape index (κ3) is 6.94. The number of nitrogens with zero attached hydrogens (tertiary/aromatic N) is 1. The summed E-state index contributed by atoms with van der Waals surface area (Å²) >= 11 is 3.48. The average Bonchev–Trinajstić information content (AvgIpc) is 2.57. The van der Waals surface area contributed by atoms with Crippen molar-refractivity contribution in [2.75, 3.05) is 10.5 Å². The smallest absolute Gasteiger partial charge is 0.232 e. The molecule has 1 N–H and O–H groups in total. The molecular weight excluding hydrogens is 400 g/mol. The molecule has 2 rings (SSSR count). The van der Waals surface area contributed by atoms with E-state index in [2.05, 4.69) is 32.6 Å². The maximum Gasteiger partial charge on any atom is 0.232 e. The fourth-order valence-electron chi connectivity index (χ4n) is 2.85. The molecule has 0 aliphatic rings. The molecule has 1 aromatic heterocycles. The van der Waals surface area contributed by atoms with Crippen molar-refractivity contribution in [3.8, 4) is 0 Å². The molecule has 0 aliphatic carbocycles. The van der Waals surface area contributed by atoms with Gasteiger partial charge in [0.05, 0.1) is 17.0 Å². The number of unbranched alkanes of at least 4 members (excludes halogenated alkanes) is 7. The van der Waals surface area contributed by atoms with E-state index in [1.807, 2.05) is 12.1 Å². The Morgan fingerprint density at radius 3 is 2.44 bits per heavy atom. The zero-order valence-electron chi connectivity index (χ0n) is 14.8. The van der Waals surface area contributed by atoms with Crippen LogP contribution in [0.5, 0.6) is 0 Å².